The molecule has 4 rings (SSSR count). The molecule has 1 unspecified atom stereocenters. The second-order valence-electron chi connectivity index (χ2n) is 8.43. The molecular weight excluding hydrogens is 396 g/mol. The van der Waals surface area contributed by atoms with E-state index >= 15 is 0 Å². The van der Waals surface area contributed by atoms with Crippen molar-refractivity contribution in [2.75, 3.05) is 4.90 Å². The first-order chi connectivity index (χ1) is 13.7. The number of carbonyl (C=O) groups excluding carboxylic acids is 2. The molecule has 0 N–H and O–H groups in total. The molecule has 0 radical (unpaired) electrons. The van der Waals surface area contributed by atoms with E-state index in [1.54, 1.807) is 12.1 Å². The summed E-state index contributed by atoms with van der Waals surface area (Å²) < 4.78 is 28.0. The third kappa shape index (κ3) is 3.60. The summed E-state index contributed by atoms with van der Waals surface area (Å²) in [6.07, 6.45) is 0.827. The van der Waals surface area contributed by atoms with Gasteiger partial charge in [-0.15, -0.1) is 0 Å². The first-order valence-corrected chi connectivity index (χ1v) is 9.84. The molecule has 2 aromatic rings. The number of hydrogen-bond donors (Lipinski definition) is 0. The van der Waals surface area contributed by atoms with Gasteiger partial charge in [0.2, 0.25) is 5.91 Å². The van der Waals surface area contributed by atoms with Crippen LogP contribution in [0.2, 0.25) is 5.02 Å². The van der Waals surface area contributed by atoms with Crippen molar-refractivity contribution in [1.29, 1.82) is 0 Å². The lowest BCUT2D eigenvalue weighted by atomic mass is 9.69. The summed E-state index contributed by atoms with van der Waals surface area (Å²) in [6, 6.07) is 10.2. The van der Waals surface area contributed by atoms with Gasteiger partial charge in [-0.25, -0.2) is 8.78 Å². The lowest BCUT2D eigenvalue weighted by molar-refractivity contribution is -0.121. The topological polar surface area (TPSA) is 37.4 Å². The number of allylic oxidation sites excluding steroid dienone is 2. The third-order valence-corrected chi connectivity index (χ3v) is 5.82. The molecule has 1 heterocycles. The zero-order chi connectivity index (χ0) is 20.9. The van der Waals surface area contributed by atoms with Gasteiger partial charge < -0.3 is 0 Å². The fourth-order valence-electron chi connectivity index (χ4n) is 4.34. The van der Waals surface area contributed by atoms with Gasteiger partial charge in [-0.1, -0.05) is 37.6 Å². The van der Waals surface area contributed by atoms with Crippen molar-refractivity contribution in [3.63, 3.8) is 0 Å². The van der Waals surface area contributed by atoms with Crippen molar-refractivity contribution in [1.82, 2.24) is 0 Å². The minimum absolute atomic E-state index is 0.0241. The second-order valence-corrected chi connectivity index (χ2v) is 8.87. The largest absolute Gasteiger partial charge is 0.294 e. The van der Waals surface area contributed by atoms with Crippen molar-refractivity contribution in [3.8, 4) is 0 Å². The zero-order valence-corrected chi connectivity index (χ0v) is 16.9. The van der Waals surface area contributed by atoms with Gasteiger partial charge in [0, 0.05) is 41.1 Å². The number of carbonyl (C=O) groups is 2. The van der Waals surface area contributed by atoms with Crippen LogP contribution < -0.4 is 4.90 Å². The fraction of sp³-hybridized carbons (Fsp3) is 0.304. The molecule has 0 saturated heterocycles. The van der Waals surface area contributed by atoms with E-state index < -0.39 is 17.6 Å². The van der Waals surface area contributed by atoms with Crippen molar-refractivity contribution < 1.29 is 18.4 Å². The second kappa shape index (κ2) is 7.06. The van der Waals surface area contributed by atoms with Crippen LogP contribution in [0.4, 0.5) is 14.5 Å². The number of benzene rings is 2. The van der Waals surface area contributed by atoms with Crippen LogP contribution in [0.1, 0.15) is 44.6 Å². The van der Waals surface area contributed by atoms with E-state index in [-0.39, 0.29) is 29.2 Å². The molecule has 6 heteroatoms. The van der Waals surface area contributed by atoms with E-state index in [9.17, 15) is 18.4 Å². The van der Waals surface area contributed by atoms with Crippen LogP contribution in [-0.2, 0) is 9.59 Å². The van der Waals surface area contributed by atoms with Crippen molar-refractivity contribution in [2.45, 2.75) is 39.0 Å². The average molecular weight is 416 g/mol. The van der Waals surface area contributed by atoms with E-state index in [4.69, 9.17) is 11.6 Å². The van der Waals surface area contributed by atoms with Gasteiger partial charge in [0.05, 0.1) is 5.69 Å². The van der Waals surface area contributed by atoms with Crippen molar-refractivity contribution in [2.24, 2.45) is 5.41 Å². The molecule has 1 aliphatic heterocycles. The number of ketones is 1. The summed E-state index contributed by atoms with van der Waals surface area (Å²) in [5.41, 5.74) is 1.47. The highest BCUT2D eigenvalue weighted by atomic mass is 35.5. The zero-order valence-electron chi connectivity index (χ0n) is 16.1. The van der Waals surface area contributed by atoms with E-state index in [1.165, 1.54) is 11.0 Å². The summed E-state index contributed by atoms with van der Waals surface area (Å²) in [5.74, 6) is -2.32. The molecule has 1 aliphatic carbocycles. The quantitative estimate of drug-likeness (QED) is 0.623. The molecule has 3 nitrogen and oxygen atoms in total. The van der Waals surface area contributed by atoms with Gasteiger partial charge >= 0.3 is 0 Å². The van der Waals surface area contributed by atoms with Crippen molar-refractivity contribution in [3.05, 3.63) is 76.0 Å². The predicted molar refractivity (Wildman–Crippen MR) is 108 cm³/mol. The predicted octanol–water partition coefficient (Wildman–Crippen LogP) is 5.78. The Kier molecular flexibility index (Phi) is 4.82. The SMILES string of the molecule is CC1(C)CC(=O)C2=C(C1)N(c1ccc(F)cc1F)C(=O)CC2c1ccc(Cl)cc1. The number of halogens is 3. The molecule has 29 heavy (non-hydrogen) atoms. The molecule has 0 fully saturated rings. The Morgan fingerprint density at radius 3 is 2.38 bits per heavy atom. The number of nitrogens with zero attached hydrogens (tertiary/aromatic N) is 1. The van der Waals surface area contributed by atoms with Gasteiger partial charge in [0.25, 0.3) is 0 Å². The monoisotopic (exact) mass is 415 g/mol. The number of Topliss-reactive ketones (excluding diaryl/α,β-unsaturated/α-hetero) is 1. The summed E-state index contributed by atoms with van der Waals surface area (Å²) >= 11 is 5.99. The molecule has 2 aromatic carbocycles. The number of rotatable bonds is 2. The molecule has 2 aliphatic rings. The standard InChI is InChI=1S/C23H20ClF2NO2/c1-23(2)11-19-22(20(28)12-23)16(13-3-5-14(24)6-4-13)10-21(29)27(19)18-8-7-15(25)9-17(18)26/h3-9,16H,10-12H2,1-2H3. The molecule has 0 aromatic heterocycles. The first-order valence-electron chi connectivity index (χ1n) is 9.46. The summed E-state index contributed by atoms with van der Waals surface area (Å²) in [5, 5.41) is 0.566. The number of hydrogen-bond acceptors (Lipinski definition) is 2. The van der Waals surface area contributed by atoms with Crippen LogP contribution in [0, 0.1) is 17.0 Å². The smallest absolute Gasteiger partial charge is 0.232 e. The molecule has 0 spiro atoms. The highest BCUT2D eigenvalue weighted by molar-refractivity contribution is 6.30. The Labute approximate surface area is 173 Å². The van der Waals surface area contributed by atoms with Gasteiger partial charge in [0.15, 0.2) is 5.78 Å². The van der Waals surface area contributed by atoms with Gasteiger partial charge in [-0.2, -0.15) is 0 Å². The molecule has 1 amide bonds. The van der Waals surface area contributed by atoms with Gasteiger partial charge in [-0.05, 0) is 41.7 Å². The number of anilines is 1. The van der Waals surface area contributed by atoms with E-state index in [1.807, 2.05) is 26.0 Å². The fourth-order valence-corrected chi connectivity index (χ4v) is 4.46. The molecule has 0 saturated carbocycles. The van der Waals surface area contributed by atoms with E-state index in [0.717, 1.165) is 17.7 Å². The van der Waals surface area contributed by atoms with Crippen molar-refractivity contribution >= 4 is 29.0 Å². The average Bonchev–Trinajstić information content (AvgIpc) is 2.62. The van der Waals surface area contributed by atoms with E-state index in [0.29, 0.717) is 29.1 Å². The Morgan fingerprint density at radius 1 is 1.03 bits per heavy atom. The minimum atomic E-state index is -0.828. The maximum absolute atomic E-state index is 14.6. The highest BCUT2D eigenvalue weighted by Crippen LogP contribution is 2.48. The van der Waals surface area contributed by atoms with Gasteiger partial charge in [0.1, 0.15) is 11.6 Å². The van der Waals surface area contributed by atoms with Crippen LogP contribution in [-0.4, -0.2) is 11.7 Å². The lowest BCUT2D eigenvalue weighted by Gasteiger charge is -2.43. The summed E-state index contributed by atoms with van der Waals surface area (Å²) in [7, 11) is 0. The molecule has 1 atom stereocenters. The maximum Gasteiger partial charge on any atom is 0.232 e. The van der Waals surface area contributed by atoms with Crippen LogP contribution in [0.15, 0.2) is 53.7 Å². The van der Waals surface area contributed by atoms with Crippen LogP contribution in [0.5, 0.6) is 0 Å². The molecule has 0 bridgehead atoms. The van der Waals surface area contributed by atoms with Crippen LogP contribution >= 0.6 is 11.6 Å². The van der Waals surface area contributed by atoms with Crippen LogP contribution in [0.25, 0.3) is 0 Å². The Morgan fingerprint density at radius 2 is 1.72 bits per heavy atom. The summed E-state index contributed by atoms with van der Waals surface area (Å²) in [4.78, 5) is 27.6. The Balaban J connectivity index is 1.91. The summed E-state index contributed by atoms with van der Waals surface area (Å²) in [6.45, 7) is 3.90. The first kappa shape index (κ1) is 19.8. The third-order valence-electron chi connectivity index (χ3n) is 5.57. The maximum atomic E-state index is 14.6. The number of amides is 1. The van der Waals surface area contributed by atoms with Gasteiger partial charge in [-0.3, -0.25) is 14.5 Å². The molecular formula is C23H20ClF2NO2. The van der Waals surface area contributed by atoms with E-state index in [2.05, 4.69) is 0 Å². The highest BCUT2D eigenvalue weighted by Gasteiger charge is 2.44. The molecule has 150 valence electrons. The minimum Gasteiger partial charge on any atom is -0.294 e. The Bertz CT molecular complexity index is 1040. The normalized spacial score (nSPS) is 21.4. The van der Waals surface area contributed by atoms with Crippen LogP contribution in [0.3, 0.4) is 0 Å². The Hall–Kier alpha value is -2.53. The lowest BCUT2D eigenvalue weighted by Crippen LogP contribution is -2.44.